The molecule has 0 radical (unpaired) electrons. The van der Waals surface area contributed by atoms with E-state index in [0.717, 1.165) is 17.9 Å². The number of nitrogens with one attached hydrogen (secondary N) is 1. The van der Waals surface area contributed by atoms with Crippen LogP contribution in [0.5, 0.6) is 0 Å². The number of nitrogens with two attached hydrogens (primary N) is 1. The molecule has 1 rings (SSSR count). The Morgan fingerprint density at radius 2 is 2.28 bits per heavy atom. The first-order valence-corrected chi connectivity index (χ1v) is 6.89. The Bertz CT molecular complexity index is 414. The van der Waals surface area contributed by atoms with Gasteiger partial charge in [0.25, 0.3) is 5.69 Å². The predicted octanol–water partition coefficient (Wildman–Crippen LogP) is 1.68. The fourth-order valence-corrected chi connectivity index (χ4v) is 2.08. The van der Waals surface area contributed by atoms with Gasteiger partial charge in [-0.3, -0.25) is 16.0 Å². The van der Waals surface area contributed by atoms with Gasteiger partial charge in [0.05, 0.1) is 4.92 Å². The van der Waals surface area contributed by atoms with Gasteiger partial charge >= 0.3 is 0 Å². The molecule has 3 N–H and O–H groups in total. The number of nitro groups is 1. The van der Waals surface area contributed by atoms with Crippen LogP contribution in [0.15, 0.2) is 18.2 Å². The van der Waals surface area contributed by atoms with Crippen molar-refractivity contribution in [1.82, 2.24) is 4.90 Å². The molecule has 6 nitrogen and oxygen atoms in total. The first kappa shape index (κ1) is 14.7. The molecule has 0 aromatic heterocycles. The highest BCUT2D eigenvalue weighted by Gasteiger charge is 2.14. The Balaban J connectivity index is 2.78. The summed E-state index contributed by atoms with van der Waals surface area (Å²) in [6.45, 7) is 1.64. The zero-order valence-electron chi connectivity index (χ0n) is 10.5. The number of benzene rings is 1. The van der Waals surface area contributed by atoms with E-state index in [1.54, 1.807) is 23.9 Å². The average molecular weight is 270 g/mol. The largest absolute Gasteiger partial charge is 0.318 e. The minimum absolute atomic E-state index is 0.00765. The molecule has 0 bridgehead atoms. The summed E-state index contributed by atoms with van der Waals surface area (Å²) in [5.74, 6) is 6.28. The quantitative estimate of drug-likeness (QED) is 0.445. The molecule has 0 heterocycles. The Hall–Kier alpha value is -1.31. The minimum Gasteiger partial charge on any atom is -0.318 e. The van der Waals surface area contributed by atoms with E-state index in [1.165, 1.54) is 0 Å². The minimum atomic E-state index is -0.430. The van der Waals surface area contributed by atoms with Crippen molar-refractivity contribution in [2.75, 3.05) is 31.0 Å². The molecule has 0 aliphatic rings. The lowest BCUT2D eigenvalue weighted by Crippen LogP contribution is -2.20. The molecule has 1 aromatic carbocycles. The number of hydrogen-bond donors (Lipinski definition) is 2. The van der Waals surface area contributed by atoms with Gasteiger partial charge in [-0.25, -0.2) is 0 Å². The number of thioether (sulfide) groups is 1. The van der Waals surface area contributed by atoms with E-state index >= 15 is 0 Å². The third-order valence-electron chi connectivity index (χ3n) is 2.54. The first-order valence-electron chi connectivity index (χ1n) is 5.50. The Labute approximate surface area is 111 Å². The zero-order valence-corrected chi connectivity index (χ0v) is 11.4. The molecule has 0 unspecified atom stereocenters. The lowest BCUT2D eigenvalue weighted by atomic mass is 10.1. The van der Waals surface area contributed by atoms with E-state index in [4.69, 9.17) is 5.84 Å². The number of nitro benzene ring substituents is 1. The van der Waals surface area contributed by atoms with Crippen LogP contribution in [-0.4, -0.2) is 35.4 Å². The highest BCUT2D eigenvalue weighted by molar-refractivity contribution is 7.98. The highest BCUT2D eigenvalue weighted by Crippen LogP contribution is 2.25. The average Bonchev–Trinajstić information content (AvgIpc) is 2.36. The van der Waals surface area contributed by atoms with Crippen LogP contribution in [-0.2, 0) is 6.54 Å². The van der Waals surface area contributed by atoms with Crippen LogP contribution in [0.3, 0.4) is 0 Å². The van der Waals surface area contributed by atoms with Gasteiger partial charge in [0, 0.05) is 24.9 Å². The van der Waals surface area contributed by atoms with Crippen molar-refractivity contribution in [2.24, 2.45) is 5.84 Å². The molecule has 0 fully saturated rings. The molecule has 0 spiro atoms. The van der Waals surface area contributed by atoms with Crippen LogP contribution in [0.4, 0.5) is 11.4 Å². The van der Waals surface area contributed by atoms with Crippen LogP contribution in [0, 0.1) is 10.1 Å². The van der Waals surface area contributed by atoms with Crippen molar-refractivity contribution >= 4 is 23.1 Å². The fraction of sp³-hybridized carbons (Fsp3) is 0.455. The molecular weight excluding hydrogens is 252 g/mol. The van der Waals surface area contributed by atoms with E-state index in [9.17, 15) is 10.1 Å². The predicted molar refractivity (Wildman–Crippen MR) is 75.6 cm³/mol. The highest BCUT2D eigenvalue weighted by atomic mass is 32.2. The van der Waals surface area contributed by atoms with Gasteiger partial charge in [-0.2, -0.15) is 11.8 Å². The van der Waals surface area contributed by atoms with Crippen LogP contribution < -0.4 is 11.3 Å². The van der Waals surface area contributed by atoms with E-state index in [1.807, 2.05) is 13.1 Å². The molecule has 18 heavy (non-hydrogen) atoms. The van der Waals surface area contributed by atoms with Gasteiger partial charge in [0.2, 0.25) is 0 Å². The van der Waals surface area contributed by atoms with Gasteiger partial charge < -0.3 is 10.3 Å². The van der Waals surface area contributed by atoms with Gasteiger partial charge in [0.15, 0.2) is 0 Å². The van der Waals surface area contributed by atoms with Gasteiger partial charge in [-0.15, -0.1) is 0 Å². The monoisotopic (exact) mass is 270 g/mol. The lowest BCUT2D eigenvalue weighted by molar-refractivity contribution is -0.384. The summed E-state index contributed by atoms with van der Waals surface area (Å²) in [5.41, 5.74) is 3.58. The number of nitrogen functional groups attached to an aromatic ring is 1. The first-order chi connectivity index (χ1) is 8.58. The second-order valence-corrected chi connectivity index (χ2v) is 4.97. The second-order valence-electron chi connectivity index (χ2n) is 3.98. The summed E-state index contributed by atoms with van der Waals surface area (Å²) < 4.78 is 0. The number of nitrogens with zero attached hydrogens (tertiary/aromatic N) is 2. The maximum atomic E-state index is 10.9. The molecule has 0 atom stereocenters. The maximum Gasteiger partial charge on any atom is 0.293 e. The van der Waals surface area contributed by atoms with E-state index in [2.05, 4.69) is 16.6 Å². The molecule has 0 saturated heterocycles. The third kappa shape index (κ3) is 4.17. The molecule has 0 aliphatic heterocycles. The maximum absolute atomic E-state index is 10.9. The summed E-state index contributed by atoms with van der Waals surface area (Å²) in [7, 11) is 2.00. The smallest absolute Gasteiger partial charge is 0.293 e. The fourth-order valence-electron chi connectivity index (χ4n) is 1.59. The number of hydrazine groups is 1. The summed E-state index contributed by atoms with van der Waals surface area (Å²) in [5, 5.41) is 10.9. The van der Waals surface area contributed by atoms with Crippen molar-refractivity contribution in [3.63, 3.8) is 0 Å². The van der Waals surface area contributed by atoms with Crippen LogP contribution in [0.25, 0.3) is 0 Å². The summed E-state index contributed by atoms with van der Waals surface area (Å²) in [6, 6.07) is 5.04. The van der Waals surface area contributed by atoms with Gasteiger partial charge in [0.1, 0.15) is 5.69 Å². The molecule has 0 aliphatic carbocycles. The lowest BCUT2D eigenvalue weighted by Gasteiger charge is -2.16. The van der Waals surface area contributed by atoms with Crippen molar-refractivity contribution in [2.45, 2.75) is 6.54 Å². The van der Waals surface area contributed by atoms with E-state index < -0.39 is 4.92 Å². The zero-order chi connectivity index (χ0) is 13.5. The molecule has 100 valence electrons. The number of hydrogen-bond acceptors (Lipinski definition) is 6. The Kier molecular flexibility index (Phi) is 5.90. The van der Waals surface area contributed by atoms with Gasteiger partial charge in [-0.1, -0.05) is 6.07 Å². The van der Waals surface area contributed by atoms with Crippen LogP contribution in [0.2, 0.25) is 0 Å². The molecule has 7 heteroatoms. The van der Waals surface area contributed by atoms with Crippen molar-refractivity contribution in [3.8, 4) is 0 Å². The standard InChI is InChI=1S/C11H18N4O2S/c1-14(5-6-18-2)8-9-3-4-10(13-12)11(7-9)15(16)17/h3-4,7,13H,5-6,8,12H2,1-2H3. The van der Waals surface area contributed by atoms with Crippen LogP contribution in [0.1, 0.15) is 5.56 Å². The number of rotatable bonds is 7. The summed E-state index contributed by atoms with van der Waals surface area (Å²) in [4.78, 5) is 12.6. The van der Waals surface area contributed by atoms with E-state index in [-0.39, 0.29) is 5.69 Å². The Morgan fingerprint density at radius 3 is 2.83 bits per heavy atom. The summed E-state index contributed by atoms with van der Waals surface area (Å²) in [6.07, 6.45) is 2.06. The van der Waals surface area contributed by atoms with Gasteiger partial charge in [-0.05, 0) is 24.9 Å². The Morgan fingerprint density at radius 1 is 1.56 bits per heavy atom. The topological polar surface area (TPSA) is 84.4 Å². The SMILES string of the molecule is CSCCN(C)Cc1ccc(NN)c([N+](=O)[O-])c1. The third-order valence-corrected chi connectivity index (χ3v) is 3.13. The summed E-state index contributed by atoms with van der Waals surface area (Å²) >= 11 is 1.78. The van der Waals surface area contributed by atoms with Crippen molar-refractivity contribution in [3.05, 3.63) is 33.9 Å². The molecule has 1 aromatic rings. The van der Waals surface area contributed by atoms with Crippen LogP contribution >= 0.6 is 11.8 Å². The molecule has 0 amide bonds. The van der Waals surface area contributed by atoms with Crippen molar-refractivity contribution < 1.29 is 4.92 Å². The van der Waals surface area contributed by atoms with E-state index in [0.29, 0.717) is 12.2 Å². The van der Waals surface area contributed by atoms with Crippen molar-refractivity contribution in [1.29, 1.82) is 0 Å². The normalized spacial score (nSPS) is 10.7. The number of anilines is 1. The molecule has 0 saturated carbocycles. The molecular formula is C11H18N4O2S. The second kappa shape index (κ2) is 7.20.